The van der Waals surface area contributed by atoms with Crippen LogP contribution >= 0.6 is 11.6 Å². The van der Waals surface area contributed by atoms with Gasteiger partial charge in [-0.25, -0.2) is 9.37 Å². The van der Waals surface area contributed by atoms with Crippen molar-refractivity contribution in [1.82, 2.24) is 9.55 Å². The van der Waals surface area contributed by atoms with Gasteiger partial charge in [0.15, 0.2) is 0 Å². The minimum atomic E-state index is -0.208. The SMILES string of the molecule is Cc1cc2c(cc1F)nc(C(C)Cl)n2CCCCC(C)C. The molecule has 0 saturated heterocycles. The fraction of sp³-hybridized carbons (Fsp3) is 0.588. The summed E-state index contributed by atoms with van der Waals surface area (Å²) in [5.41, 5.74) is 2.34. The van der Waals surface area contributed by atoms with Crippen molar-refractivity contribution in [3.63, 3.8) is 0 Å². The zero-order valence-electron chi connectivity index (χ0n) is 13.3. The number of rotatable bonds is 6. The van der Waals surface area contributed by atoms with Gasteiger partial charge in [0.1, 0.15) is 11.6 Å². The second-order valence-electron chi connectivity index (χ2n) is 6.22. The molecule has 0 fully saturated rings. The first-order valence-electron chi connectivity index (χ1n) is 7.70. The third-order valence-corrected chi connectivity index (χ3v) is 4.02. The van der Waals surface area contributed by atoms with E-state index in [0.717, 1.165) is 30.2 Å². The van der Waals surface area contributed by atoms with E-state index in [9.17, 15) is 4.39 Å². The molecular weight excluding hydrogens is 287 g/mol. The number of nitrogens with zero attached hydrogens (tertiary/aromatic N) is 2. The Morgan fingerprint density at radius 1 is 1.24 bits per heavy atom. The van der Waals surface area contributed by atoms with E-state index >= 15 is 0 Å². The maximum Gasteiger partial charge on any atom is 0.128 e. The Morgan fingerprint density at radius 3 is 2.57 bits per heavy atom. The summed E-state index contributed by atoms with van der Waals surface area (Å²) in [6.45, 7) is 9.07. The van der Waals surface area contributed by atoms with Crippen LogP contribution < -0.4 is 0 Å². The summed E-state index contributed by atoms with van der Waals surface area (Å²) >= 11 is 6.25. The van der Waals surface area contributed by atoms with E-state index in [-0.39, 0.29) is 11.2 Å². The molecule has 1 unspecified atom stereocenters. The van der Waals surface area contributed by atoms with Crippen LogP contribution in [0.4, 0.5) is 4.39 Å². The first-order valence-corrected chi connectivity index (χ1v) is 8.14. The topological polar surface area (TPSA) is 17.8 Å². The number of fused-ring (bicyclic) bond motifs is 1. The highest BCUT2D eigenvalue weighted by Crippen LogP contribution is 2.27. The van der Waals surface area contributed by atoms with E-state index in [2.05, 4.69) is 23.4 Å². The summed E-state index contributed by atoms with van der Waals surface area (Å²) in [5.74, 6) is 1.36. The first kappa shape index (κ1) is 16.3. The number of halogens is 2. The summed E-state index contributed by atoms with van der Waals surface area (Å²) in [6.07, 6.45) is 3.51. The number of benzene rings is 1. The normalized spacial score (nSPS) is 13.3. The van der Waals surface area contributed by atoms with Gasteiger partial charge < -0.3 is 4.57 Å². The van der Waals surface area contributed by atoms with Crippen molar-refractivity contribution in [1.29, 1.82) is 0 Å². The quantitative estimate of drug-likeness (QED) is 0.501. The molecular formula is C17H24ClFN2. The largest absolute Gasteiger partial charge is 0.327 e. The van der Waals surface area contributed by atoms with Gasteiger partial charge in [-0.2, -0.15) is 0 Å². The standard InChI is InChI=1S/C17H24ClFN2/c1-11(2)7-5-6-8-21-16-9-12(3)14(19)10-15(16)20-17(21)13(4)18/h9-11,13H,5-8H2,1-4H3. The smallest absolute Gasteiger partial charge is 0.128 e. The molecule has 116 valence electrons. The molecule has 1 heterocycles. The van der Waals surface area contributed by atoms with E-state index in [1.54, 1.807) is 6.92 Å². The molecule has 0 aliphatic carbocycles. The van der Waals surface area contributed by atoms with Crippen molar-refractivity contribution < 1.29 is 4.39 Å². The molecule has 4 heteroatoms. The van der Waals surface area contributed by atoms with Gasteiger partial charge in [-0.3, -0.25) is 0 Å². The van der Waals surface area contributed by atoms with Crippen molar-refractivity contribution in [2.45, 2.75) is 58.9 Å². The van der Waals surface area contributed by atoms with Crippen LogP contribution in [-0.4, -0.2) is 9.55 Å². The van der Waals surface area contributed by atoms with Crippen LogP contribution in [0.5, 0.6) is 0 Å². The van der Waals surface area contributed by atoms with Crippen molar-refractivity contribution >= 4 is 22.6 Å². The Balaban J connectivity index is 2.30. The van der Waals surface area contributed by atoms with Crippen LogP contribution in [0.25, 0.3) is 11.0 Å². The Kier molecular flexibility index (Phi) is 5.26. The van der Waals surface area contributed by atoms with Crippen LogP contribution in [0, 0.1) is 18.7 Å². The van der Waals surface area contributed by atoms with Crippen LogP contribution in [0.15, 0.2) is 12.1 Å². The second-order valence-corrected chi connectivity index (χ2v) is 6.87. The summed E-state index contributed by atoms with van der Waals surface area (Å²) in [4.78, 5) is 4.52. The van der Waals surface area contributed by atoms with Gasteiger partial charge in [0.25, 0.3) is 0 Å². The molecule has 1 aromatic carbocycles. The molecule has 0 bridgehead atoms. The average Bonchev–Trinajstić information content (AvgIpc) is 2.73. The molecule has 0 spiro atoms. The molecule has 0 aliphatic rings. The fourth-order valence-corrected chi connectivity index (χ4v) is 2.80. The highest BCUT2D eigenvalue weighted by molar-refractivity contribution is 6.20. The Bertz CT molecular complexity index is 617. The Morgan fingerprint density at radius 2 is 1.95 bits per heavy atom. The number of alkyl halides is 1. The monoisotopic (exact) mass is 310 g/mol. The van der Waals surface area contributed by atoms with Crippen molar-refractivity contribution in [2.75, 3.05) is 0 Å². The third kappa shape index (κ3) is 3.76. The van der Waals surface area contributed by atoms with Gasteiger partial charge in [-0.15, -0.1) is 11.6 Å². The van der Waals surface area contributed by atoms with Crippen LogP contribution in [-0.2, 0) is 6.54 Å². The second kappa shape index (κ2) is 6.78. The lowest BCUT2D eigenvalue weighted by Crippen LogP contribution is -2.05. The number of unbranched alkanes of at least 4 members (excludes halogenated alkanes) is 1. The summed E-state index contributed by atoms with van der Waals surface area (Å²) < 4.78 is 15.9. The average molecular weight is 311 g/mol. The molecule has 0 saturated carbocycles. The molecule has 1 atom stereocenters. The minimum absolute atomic E-state index is 0.175. The van der Waals surface area contributed by atoms with Gasteiger partial charge >= 0.3 is 0 Å². The molecule has 0 N–H and O–H groups in total. The van der Waals surface area contributed by atoms with E-state index < -0.39 is 0 Å². The van der Waals surface area contributed by atoms with E-state index in [1.165, 1.54) is 18.9 Å². The highest BCUT2D eigenvalue weighted by Gasteiger charge is 2.16. The molecule has 21 heavy (non-hydrogen) atoms. The number of hydrogen-bond acceptors (Lipinski definition) is 1. The molecule has 0 aliphatic heterocycles. The van der Waals surface area contributed by atoms with Gasteiger partial charge in [-0.05, 0) is 37.8 Å². The van der Waals surface area contributed by atoms with Crippen LogP contribution in [0.3, 0.4) is 0 Å². The van der Waals surface area contributed by atoms with Gasteiger partial charge in [0, 0.05) is 12.6 Å². The van der Waals surface area contributed by atoms with E-state index in [4.69, 9.17) is 11.6 Å². The molecule has 0 radical (unpaired) electrons. The van der Waals surface area contributed by atoms with Crippen molar-refractivity contribution in [2.24, 2.45) is 5.92 Å². The maximum absolute atomic E-state index is 13.7. The van der Waals surface area contributed by atoms with Crippen molar-refractivity contribution in [3.8, 4) is 0 Å². The molecule has 1 aromatic heterocycles. The third-order valence-electron chi connectivity index (χ3n) is 3.83. The lowest BCUT2D eigenvalue weighted by atomic mass is 10.1. The number of hydrogen-bond donors (Lipinski definition) is 0. The number of imidazole rings is 1. The molecule has 2 nitrogen and oxygen atoms in total. The number of aryl methyl sites for hydroxylation is 2. The minimum Gasteiger partial charge on any atom is -0.327 e. The van der Waals surface area contributed by atoms with Crippen LogP contribution in [0.2, 0.25) is 0 Å². The lowest BCUT2D eigenvalue weighted by molar-refractivity contribution is 0.507. The van der Waals surface area contributed by atoms with Crippen molar-refractivity contribution in [3.05, 3.63) is 29.3 Å². The predicted molar refractivity (Wildman–Crippen MR) is 87.4 cm³/mol. The summed E-state index contributed by atoms with van der Waals surface area (Å²) in [7, 11) is 0. The van der Waals surface area contributed by atoms with E-state index in [0.29, 0.717) is 11.1 Å². The molecule has 0 amide bonds. The van der Waals surface area contributed by atoms with Crippen LogP contribution in [0.1, 0.15) is 56.8 Å². The Labute approximate surface area is 131 Å². The fourth-order valence-electron chi connectivity index (χ4n) is 2.63. The zero-order chi connectivity index (χ0) is 15.6. The van der Waals surface area contributed by atoms with Gasteiger partial charge in [0.05, 0.1) is 16.4 Å². The predicted octanol–water partition coefficient (Wildman–Crippen LogP) is 5.61. The Hall–Kier alpha value is -1.09. The lowest BCUT2D eigenvalue weighted by Gasteiger charge is -2.11. The summed E-state index contributed by atoms with van der Waals surface area (Å²) in [5, 5.41) is -0.175. The highest BCUT2D eigenvalue weighted by atomic mass is 35.5. The summed E-state index contributed by atoms with van der Waals surface area (Å²) in [6, 6.07) is 3.39. The number of aromatic nitrogens is 2. The van der Waals surface area contributed by atoms with Gasteiger partial charge in [-0.1, -0.05) is 26.7 Å². The molecule has 2 aromatic rings. The van der Waals surface area contributed by atoms with E-state index in [1.807, 2.05) is 13.0 Å². The van der Waals surface area contributed by atoms with Gasteiger partial charge in [0.2, 0.25) is 0 Å². The molecule has 2 rings (SSSR count). The zero-order valence-corrected chi connectivity index (χ0v) is 14.0. The maximum atomic E-state index is 13.7. The first-order chi connectivity index (χ1) is 9.90.